The van der Waals surface area contributed by atoms with Crippen LogP contribution in [0.3, 0.4) is 0 Å². The van der Waals surface area contributed by atoms with Crippen molar-refractivity contribution in [2.24, 2.45) is 10.7 Å². The summed E-state index contributed by atoms with van der Waals surface area (Å²) in [6, 6.07) is 0.386. The Kier molecular flexibility index (Phi) is 8.51. The molecule has 1 amide bonds. The van der Waals surface area contributed by atoms with Crippen molar-refractivity contribution in [3.05, 3.63) is 47.2 Å². The van der Waals surface area contributed by atoms with E-state index in [1.165, 1.54) is 31.7 Å². The van der Waals surface area contributed by atoms with Gasteiger partial charge in [-0.05, 0) is 25.8 Å². The van der Waals surface area contributed by atoms with Crippen LogP contribution in [0.1, 0.15) is 44.7 Å². The fourth-order valence-corrected chi connectivity index (χ4v) is 2.98. The Balaban J connectivity index is 2.16. The second-order valence-corrected chi connectivity index (χ2v) is 6.49. The van der Waals surface area contributed by atoms with Crippen molar-refractivity contribution in [2.45, 2.75) is 45.1 Å². The number of anilines is 1. The van der Waals surface area contributed by atoms with Gasteiger partial charge < -0.3 is 16.4 Å². The van der Waals surface area contributed by atoms with Gasteiger partial charge in [0.05, 0.1) is 22.6 Å². The monoisotopic (exact) mass is 388 g/mol. The zero-order valence-electron chi connectivity index (χ0n) is 15.4. The molecule has 1 fully saturated rings. The fraction of sp³-hybridized carbons (Fsp3) is 0.368. The Hall–Kier alpha value is -2.67. The number of amides is 1. The number of allylic oxidation sites excluding steroid dienone is 3. The molecule has 0 bridgehead atoms. The minimum absolute atomic E-state index is 0.386. The number of carbonyl (C=O) groups is 1. The Labute approximate surface area is 164 Å². The molecule has 0 aromatic carbocycles. The van der Waals surface area contributed by atoms with Crippen LogP contribution in [-0.4, -0.2) is 28.6 Å². The van der Waals surface area contributed by atoms with Crippen molar-refractivity contribution in [2.75, 3.05) is 5.32 Å². The second kappa shape index (κ2) is 11.1. The van der Waals surface area contributed by atoms with Gasteiger partial charge in [-0.3, -0.25) is 9.79 Å². The first-order valence-corrected chi connectivity index (χ1v) is 9.33. The van der Waals surface area contributed by atoms with E-state index in [1.807, 2.05) is 6.92 Å². The molecule has 1 aromatic rings. The SMILES string of the molecule is C/C=C(\C=C/NC=O)/N=C/C(=C\N)c1nc(NC2CCCCC2)ncc1Cl. The van der Waals surface area contributed by atoms with Crippen LogP contribution in [0.5, 0.6) is 0 Å². The molecule has 1 aliphatic carbocycles. The van der Waals surface area contributed by atoms with Gasteiger partial charge in [0.1, 0.15) is 0 Å². The lowest BCUT2D eigenvalue weighted by atomic mass is 9.96. The summed E-state index contributed by atoms with van der Waals surface area (Å²) in [5.41, 5.74) is 7.51. The van der Waals surface area contributed by atoms with E-state index < -0.39 is 0 Å². The summed E-state index contributed by atoms with van der Waals surface area (Å²) >= 11 is 6.28. The molecule has 7 nitrogen and oxygen atoms in total. The van der Waals surface area contributed by atoms with Crippen LogP contribution in [0.2, 0.25) is 5.02 Å². The van der Waals surface area contributed by atoms with E-state index in [2.05, 4.69) is 25.6 Å². The highest BCUT2D eigenvalue weighted by Gasteiger charge is 2.15. The van der Waals surface area contributed by atoms with Gasteiger partial charge in [-0.25, -0.2) is 9.97 Å². The van der Waals surface area contributed by atoms with Crippen molar-refractivity contribution >= 4 is 35.7 Å². The predicted octanol–water partition coefficient (Wildman–Crippen LogP) is 3.41. The van der Waals surface area contributed by atoms with Gasteiger partial charge in [0.25, 0.3) is 0 Å². The van der Waals surface area contributed by atoms with Gasteiger partial charge in [0, 0.05) is 30.2 Å². The summed E-state index contributed by atoms with van der Waals surface area (Å²) in [4.78, 5) is 23.5. The lowest BCUT2D eigenvalue weighted by Crippen LogP contribution is -2.23. The highest BCUT2D eigenvalue weighted by Crippen LogP contribution is 2.24. The summed E-state index contributed by atoms with van der Waals surface area (Å²) in [5.74, 6) is 0.537. The van der Waals surface area contributed by atoms with E-state index >= 15 is 0 Å². The van der Waals surface area contributed by atoms with E-state index in [0.29, 0.717) is 40.4 Å². The third-order valence-electron chi connectivity index (χ3n) is 4.20. The molecule has 1 heterocycles. The van der Waals surface area contributed by atoms with Crippen LogP contribution in [0, 0.1) is 0 Å². The van der Waals surface area contributed by atoms with Crippen molar-refractivity contribution in [1.29, 1.82) is 0 Å². The molecular formula is C19H25ClN6O. The molecule has 0 unspecified atom stereocenters. The Morgan fingerprint density at radius 2 is 2.15 bits per heavy atom. The minimum Gasteiger partial charge on any atom is -0.404 e. The first kappa shape index (κ1) is 20.6. The van der Waals surface area contributed by atoms with Crippen molar-refractivity contribution in [1.82, 2.24) is 15.3 Å². The largest absolute Gasteiger partial charge is 0.404 e. The van der Waals surface area contributed by atoms with Gasteiger partial charge in [-0.15, -0.1) is 0 Å². The maximum absolute atomic E-state index is 10.3. The number of halogens is 1. The highest BCUT2D eigenvalue weighted by atomic mass is 35.5. The van der Waals surface area contributed by atoms with Crippen LogP contribution < -0.4 is 16.4 Å². The lowest BCUT2D eigenvalue weighted by Gasteiger charge is -2.22. The molecule has 1 aromatic heterocycles. The van der Waals surface area contributed by atoms with Gasteiger partial charge >= 0.3 is 0 Å². The summed E-state index contributed by atoms with van der Waals surface area (Å²) < 4.78 is 0. The van der Waals surface area contributed by atoms with E-state index in [1.54, 1.807) is 24.6 Å². The summed E-state index contributed by atoms with van der Waals surface area (Å²) in [5, 5.41) is 6.21. The van der Waals surface area contributed by atoms with E-state index in [-0.39, 0.29) is 0 Å². The molecular weight excluding hydrogens is 364 g/mol. The van der Waals surface area contributed by atoms with Crippen LogP contribution >= 0.6 is 11.6 Å². The Bertz CT molecular complexity index is 751. The summed E-state index contributed by atoms with van der Waals surface area (Å²) in [7, 11) is 0. The number of nitrogens with one attached hydrogen (secondary N) is 2. The zero-order chi connectivity index (χ0) is 19.5. The van der Waals surface area contributed by atoms with Gasteiger partial charge in [0.15, 0.2) is 0 Å². The summed E-state index contributed by atoms with van der Waals surface area (Å²) in [6.45, 7) is 1.84. The maximum Gasteiger partial charge on any atom is 0.223 e. The molecule has 1 aliphatic rings. The molecule has 4 N–H and O–H groups in total. The van der Waals surface area contributed by atoms with E-state index in [9.17, 15) is 4.79 Å². The number of aromatic nitrogens is 2. The average molecular weight is 389 g/mol. The van der Waals surface area contributed by atoms with Crippen LogP contribution in [0.25, 0.3) is 5.57 Å². The van der Waals surface area contributed by atoms with Crippen molar-refractivity contribution in [3.63, 3.8) is 0 Å². The minimum atomic E-state index is 0.386. The van der Waals surface area contributed by atoms with E-state index in [0.717, 1.165) is 12.8 Å². The van der Waals surface area contributed by atoms with Crippen LogP contribution in [0.4, 0.5) is 5.95 Å². The van der Waals surface area contributed by atoms with Gasteiger partial charge in [-0.2, -0.15) is 0 Å². The molecule has 0 saturated heterocycles. The molecule has 2 rings (SSSR count). The highest BCUT2D eigenvalue weighted by molar-refractivity contribution is 6.33. The second-order valence-electron chi connectivity index (χ2n) is 6.08. The number of rotatable bonds is 8. The number of nitrogens with zero attached hydrogens (tertiary/aromatic N) is 3. The van der Waals surface area contributed by atoms with Crippen LogP contribution in [0.15, 0.2) is 41.4 Å². The van der Waals surface area contributed by atoms with Gasteiger partial charge in [-0.1, -0.05) is 36.9 Å². The number of hydrogen-bond acceptors (Lipinski definition) is 6. The van der Waals surface area contributed by atoms with E-state index in [4.69, 9.17) is 17.3 Å². The average Bonchev–Trinajstić information content (AvgIpc) is 2.70. The van der Waals surface area contributed by atoms with Crippen LogP contribution in [-0.2, 0) is 4.79 Å². The number of nitrogens with two attached hydrogens (primary N) is 1. The van der Waals surface area contributed by atoms with Gasteiger partial charge in [0.2, 0.25) is 12.4 Å². The topological polar surface area (TPSA) is 105 Å². The Morgan fingerprint density at radius 3 is 2.81 bits per heavy atom. The lowest BCUT2D eigenvalue weighted by molar-refractivity contribution is -0.108. The summed E-state index contributed by atoms with van der Waals surface area (Å²) in [6.07, 6.45) is 16.1. The molecule has 0 atom stereocenters. The zero-order valence-corrected chi connectivity index (χ0v) is 16.1. The Morgan fingerprint density at radius 1 is 1.37 bits per heavy atom. The quantitative estimate of drug-likeness (QED) is 0.359. The number of carbonyl (C=O) groups excluding carboxylic acids is 1. The molecule has 0 aliphatic heterocycles. The third-order valence-corrected chi connectivity index (χ3v) is 4.48. The molecule has 1 saturated carbocycles. The first-order chi connectivity index (χ1) is 13.2. The van der Waals surface area contributed by atoms with Crippen molar-refractivity contribution in [3.8, 4) is 0 Å². The number of hydrogen-bond donors (Lipinski definition) is 3. The maximum atomic E-state index is 10.3. The molecule has 144 valence electrons. The fourth-order valence-electron chi connectivity index (χ4n) is 2.78. The standard InChI is InChI=1S/C19H25ClN6O/c1-2-15(8-9-22-13-27)23-11-14(10-21)18-17(20)12-24-19(26-18)25-16-6-4-3-5-7-16/h2,8-13,16H,3-7,21H2,1H3,(H,22,27)(H,24,25,26)/b9-8-,14-10+,15-2+,23-11+. The predicted molar refractivity (Wildman–Crippen MR) is 110 cm³/mol. The number of aliphatic imine (C=N–C) groups is 1. The third kappa shape index (κ3) is 6.53. The normalized spacial score (nSPS) is 16.8. The molecule has 27 heavy (non-hydrogen) atoms. The van der Waals surface area contributed by atoms with Crippen molar-refractivity contribution < 1.29 is 4.79 Å². The first-order valence-electron chi connectivity index (χ1n) is 8.96. The molecule has 8 heteroatoms. The molecule has 0 radical (unpaired) electrons. The molecule has 0 spiro atoms. The smallest absolute Gasteiger partial charge is 0.223 e.